The van der Waals surface area contributed by atoms with Crippen molar-refractivity contribution in [1.29, 1.82) is 0 Å². The van der Waals surface area contributed by atoms with E-state index in [0.717, 1.165) is 29.7 Å². The zero-order valence-corrected chi connectivity index (χ0v) is 14.2. The molecule has 1 aromatic carbocycles. The van der Waals surface area contributed by atoms with Crippen LogP contribution in [0, 0.1) is 5.92 Å². The van der Waals surface area contributed by atoms with Gasteiger partial charge < -0.3 is 14.6 Å². The van der Waals surface area contributed by atoms with Gasteiger partial charge in [0.2, 0.25) is 5.88 Å². The van der Waals surface area contributed by atoms with Crippen molar-refractivity contribution in [1.82, 2.24) is 20.1 Å². The number of hydrogen-bond acceptors (Lipinski definition) is 4. The topological polar surface area (TPSA) is 54.0 Å². The number of ether oxygens (including phenoxy) is 1. The number of piperidine rings is 2. The molecule has 0 saturated carbocycles. The van der Waals surface area contributed by atoms with Crippen LogP contribution in [0.5, 0.6) is 5.88 Å². The summed E-state index contributed by atoms with van der Waals surface area (Å²) in [5.74, 6) is 1.29. The lowest BCUT2D eigenvalue weighted by Crippen LogP contribution is -2.49. The highest BCUT2D eigenvalue weighted by Gasteiger charge is 2.33. The molecule has 25 heavy (non-hydrogen) atoms. The minimum absolute atomic E-state index is 0.285. The average Bonchev–Trinajstić information content (AvgIpc) is 3.13. The molecule has 2 aliphatic rings. The molecule has 1 N–H and O–H groups in total. The van der Waals surface area contributed by atoms with Crippen LogP contribution in [0.1, 0.15) is 19.3 Å². The number of nitrogens with zero attached hydrogens (tertiary/aromatic N) is 3. The van der Waals surface area contributed by atoms with Crippen molar-refractivity contribution in [3.05, 3.63) is 42.6 Å². The van der Waals surface area contributed by atoms with Crippen LogP contribution in [-0.2, 0) is 0 Å². The molecule has 2 fully saturated rings. The summed E-state index contributed by atoms with van der Waals surface area (Å²) in [6, 6.07) is 12.3. The first-order chi connectivity index (χ1) is 12.3. The van der Waals surface area contributed by atoms with Crippen LogP contribution in [0.25, 0.3) is 22.2 Å². The highest BCUT2D eigenvalue weighted by molar-refractivity contribution is 5.84. The van der Waals surface area contributed by atoms with Crippen LogP contribution in [0.4, 0.5) is 0 Å². The lowest BCUT2D eigenvalue weighted by atomic mass is 9.87. The Morgan fingerprint density at radius 2 is 2.04 bits per heavy atom. The molecular weight excluding hydrogens is 312 g/mol. The van der Waals surface area contributed by atoms with Gasteiger partial charge in [-0.25, -0.2) is 0 Å². The number of nitrogens with one attached hydrogen (secondary N) is 1. The zero-order valence-electron chi connectivity index (χ0n) is 14.2. The van der Waals surface area contributed by atoms with Crippen LogP contribution in [-0.4, -0.2) is 45.8 Å². The van der Waals surface area contributed by atoms with Gasteiger partial charge in [0, 0.05) is 47.7 Å². The molecule has 3 unspecified atom stereocenters. The maximum atomic E-state index is 6.18. The monoisotopic (exact) mass is 334 g/mol. The van der Waals surface area contributed by atoms with Crippen LogP contribution in [0.2, 0.25) is 0 Å². The van der Waals surface area contributed by atoms with Gasteiger partial charge in [0.25, 0.3) is 0 Å². The second kappa shape index (κ2) is 6.15. The van der Waals surface area contributed by atoms with E-state index < -0.39 is 0 Å². The molecule has 2 bridgehead atoms. The molecule has 5 nitrogen and oxygen atoms in total. The van der Waals surface area contributed by atoms with Crippen molar-refractivity contribution in [2.24, 2.45) is 5.92 Å². The summed E-state index contributed by atoms with van der Waals surface area (Å²) in [5.41, 5.74) is 3.09. The molecule has 128 valence electrons. The highest BCUT2D eigenvalue weighted by atomic mass is 16.5. The smallest absolute Gasteiger partial charge is 0.233 e. The van der Waals surface area contributed by atoms with Crippen molar-refractivity contribution < 1.29 is 4.74 Å². The third-order valence-corrected chi connectivity index (χ3v) is 5.56. The fourth-order valence-electron chi connectivity index (χ4n) is 4.20. The second-order valence-corrected chi connectivity index (χ2v) is 7.18. The normalized spacial score (nSPS) is 25.8. The number of benzene rings is 1. The summed E-state index contributed by atoms with van der Waals surface area (Å²) in [7, 11) is 0. The van der Waals surface area contributed by atoms with Crippen molar-refractivity contribution in [2.75, 3.05) is 19.6 Å². The van der Waals surface area contributed by atoms with Crippen LogP contribution in [0.3, 0.4) is 0 Å². The van der Waals surface area contributed by atoms with Gasteiger partial charge in [0.1, 0.15) is 6.10 Å². The molecular formula is C20H22N4O. The summed E-state index contributed by atoms with van der Waals surface area (Å²) < 4.78 is 6.18. The maximum Gasteiger partial charge on any atom is 0.233 e. The highest BCUT2D eigenvalue weighted by Crippen LogP contribution is 2.30. The Hall–Kier alpha value is -2.40. The fourth-order valence-corrected chi connectivity index (χ4v) is 4.20. The Balaban J connectivity index is 1.32. The number of rotatable bonds is 3. The van der Waals surface area contributed by atoms with Gasteiger partial charge in [-0.1, -0.05) is 6.07 Å². The largest absolute Gasteiger partial charge is 0.473 e. The van der Waals surface area contributed by atoms with Crippen molar-refractivity contribution in [3.8, 4) is 17.1 Å². The minimum atomic E-state index is 0.285. The first kappa shape index (κ1) is 14.9. The van der Waals surface area contributed by atoms with Gasteiger partial charge in [0.15, 0.2) is 0 Å². The van der Waals surface area contributed by atoms with Crippen molar-refractivity contribution in [2.45, 2.75) is 25.4 Å². The van der Waals surface area contributed by atoms with E-state index in [0.29, 0.717) is 11.8 Å². The Labute approximate surface area is 147 Å². The van der Waals surface area contributed by atoms with E-state index in [1.165, 1.54) is 31.3 Å². The number of hydrogen-bond donors (Lipinski definition) is 1. The maximum absolute atomic E-state index is 6.18. The van der Waals surface area contributed by atoms with Crippen LogP contribution >= 0.6 is 0 Å². The van der Waals surface area contributed by atoms with E-state index in [9.17, 15) is 0 Å². The molecule has 2 saturated heterocycles. The average molecular weight is 334 g/mol. The Kier molecular flexibility index (Phi) is 3.67. The Morgan fingerprint density at radius 3 is 2.96 bits per heavy atom. The van der Waals surface area contributed by atoms with E-state index in [4.69, 9.17) is 4.74 Å². The van der Waals surface area contributed by atoms with Gasteiger partial charge >= 0.3 is 0 Å². The van der Waals surface area contributed by atoms with E-state index in [1.807, 2.05) is 18.3 Å². The number of fused-ring (bicyclic) bond motifs is 3. The van der Waals surface area contributed by atoms with E-state index in [2.05, 4.69) is 44.3 Å². The summed E-state index contributed by atoms with van der Waals surface area (Å²) in [6.07, 6.45) is 5.89. The molecule has 0 spiro atoms. The molecule has 0 aliphatic carbocycles. The number of aromatic nitrogens is 3. The summed E-state index contributed by atoms with van der Waals surface area (Å²) in [4.78, 5) is 5.77. The van der Waals surface area contributed by atoms with E-state index in [1.54, 1.807) is 0 Å². The summed E-state index contributed by atoms with van der Waals surface area (Å²) >= 11 is 0. The summed E-state index contributed by atoms with van der Waals surface area (Å²) in [6.45, 7) is 3.57. The van der Waals surface area contributed by atoms with Crippen molar-refractivity contribution >= 4 is 10.9 Å². The SMILES string of the molecule is c1cc2cc(-c3ccc(OC4CCN5CCCC4C5)nn3)ccc2[nH]1. The molecule has 2 aliphatic heterocycles. The third kappa shape index (κ3) is 2.89. The Bertz CT molecular complexity index is 873. The minimum Gasteiger partial charge on any atom is -0.473 e. The van der Waals surface area contributed by atoms with Gasteiger partial charge in [-0.3, -0.25) is 0 Å². The predicted molar refractivity (Wildman–Crippen MR) is 97.5 cm³/mol. The molecule has 5 heteroatoms. The third-order valence-electron chi connectivity index (χ3n) is 5.56. The molecule has 0 radical (unpaired) electrons. The molecule has 4 heterocycles. The van der Waals surface area contributed by atoms with E-state index in [-0.39, 0.29) is 6.10 Å². The molecule has 2 aromatic heterocycles. The number of aromatic amines is 1. The molecule has 0 amide bonds. The first-order valence-corrected chi connectivity index (χ1v) is 9.15. The lowest BCUT2D eigenvalue weighted by molar-refractivity contribution is 0.0123. The summed E-state index contributed by atoms with van der Waals surface area (Å²) in [5, 5.41) is 9.90. The Morgan fingerprint density at radius 1 is 1.04 bits per heavy atom. The van der Waals surface area contributed by atoms with Gasteiger partial charge in [0.05, 0.1) is 5.69 Å². The quantitative estimate of drug-likeness (QED) is 0.797. The van der Waals surface area contributed by atoms with Crippen molar-refractivity contribution in [3.63, 3.8) is 0 Å². The standard InChI is InChI=1S/C20H22N4O/c1-2-16-13-24(10-1)11-8-19(16)25-20-6-5-18(22-23-20)14-3-4-17-15(12-14)7-9-21-17/h3-7,9,12,16,19,21H,1-2,8,10-11,13H2. The van der Waals surface area contributed by atoms with Gasteiger partial charge in [-0.2, -0.15) is 0 Å². The fraction of sp³-hybridized carbons (Fsp3) is 0.400. The second-order valence-electron chi connectivity index (χ2n) is 7.18. The molecule has 5 rings (SSSR count). The van der Waals surface area contributed by atoms with Crippen LogP contribution < -0.4 is 4.74 Å². The molecule has 3 atom stereocenters. The number of H-pyrrole nitrogens is 1. The first-order valence-electron chi connectivity index (χ1n) is 9.15. The lowest BCUT2D eigenvalue weighted by Gasteiger charge is -2.42. The van der Waals surface area contributed by atoms with Gasteiger partial charge in [-0.15, -0.1) is 10.2 Å². The van der Waals surface area contributed by atoms with Crippen LogP contribution in [0.15, 0.2) is 42.6 Å². The van der Waals surface area contributed by atoms with Gasteiger partial charge in [-0.05, 0) is 50.1 Å². The molecule has 3 aromatic rings. The zero-order chi connectivity index (χ0) is 16.6. The van der Waals surface area contributed by atoms with E-state index >= 15 is 0 Å². The predicted octanol–water partition coefficient (Wildman–Crippen LogP) is 3.49.